The number of carbonyl (C=O) groups is 1. The van der Waals surface area contributed by atoms with Crippen molar-refractivity contribution in [1.82, 2.24) is 4.98 Å². The summed E-state index contributed by atoms with van der Waals surface area (Å²) in [6.07, 6.45) is 0. The second kappa shape index (κ2) is 2.95. The van der Waals surface area contributed by atoms with Crippen LogP contribution < -0.4 is 0 Å². The highest BCUT2D eigenvalue weighted by atomic mass is 32.1. The number of pyridine rings is 1. The Bertz CT molecular complexity index is 518. The third-order valence-corrected chi connectivity index (χ3v) is 2.90. The van der Waals surface area contributed by atoms with Crippen LogP contribution in [0.4, 0.5) is 0 Å². The third kappa shape index (κ3) is 1.13. The van der Waals surface area contributed by atoms with Crippen molar-refractivity contribution in [1.29, 1.82) is 0 Å². The highest BCUT2D eigenvalue weighted by molar-refractivity contribution is 7.17. The monoisotopic (exact) mass is 209 g/mol. The van der Waals surface area contributed by atoms with Crippen molar-refractivity contribution in [2.75, 3.05) is 0 Å². The predicted molar refractivity (Wildman–Crippen MR) is 53.0 cm³/mol. The molecule has 0 aliphatic rings. The standard InChI is InChI=1S/C9H7NO3S/c1-4-5-2-3-14-8(5)7(11)6(10-4)9(12)13/h2-3,11H,1H3,(H,12,13). The number of aromatic nitrogens is 1. The van der Waals surface area contributed by atoms with Crippen LogP contribution in [0.25, 0.3) is 10.1 Å². The minimum Gasteiger partial charge on any atom is -0.504 e. The molecule has 0 aliphatic heterocycles. The number of aromatic hydroxyl groups is 1. The first-order valence-electron chi connectivity index (χ1n) is 3.91. The average molecular weight is 209 g/mol. The molecule has 0 aliphatic carbocycles. The van der Waals surface area contributed by atoms with E-state index in [4.69, 9.17) is 5.11 Å². The molecule has 72 valence electrons. The summed E-state index contributed by atoms with van der Waals surface area (Å²) in [5.74, 6) is -1.45. The summed E-state index contributed by atoms with van der Waals surface area (Å²) in [6.45, 7) is 1.72. The average Bonchev–Trinajstić information content (AvgIpc) is 2.59. The number of nitrogens with zero attached hydrogens (tertiary/aromatic N) is 1. The van der Waals surface area contributed by atoms with Gasteiger partial charge in [0.15, 0.2) is 11.4 Å². The molecule has 2 aromatic rings. The Morgan fingerprint density at radius 3 is 2.93 bits per heavy atom. The van der Waals surface area contributed by atoms with Gasteiger partial charge in [-0.05, 0) is 18.4 Å². The molecule has 2 aromatic heterocycles. The van der Waals surface area contributed by atoms with Gasteiger partial charge in [0.2, 0.25) is 0 Å². The van der Waals surface area contributed by atoms with E-state index in [1.165, 1.54) is 11.3 Å². The van der Waals surface area contributed by atoms with Crippen molar-refractivity contribution >= 4 is 27.4 Å². The number of aromatic carboxylic acids is 1. The van der Waals surface area contributed by atoms with E-state index in [2.05, 4.69) is 4.98 Å². The summed E-state index contributed by atoms with van der Waals surface area (Å²) in [4.78, 5) is 14.6. The van der Waals surface area contributed by atoms with Gasteiger partial charge in [0.25, 0.3) is 0 Å². The lowest BCUT2D eigenvalue weighted by Crippen LogP contribution is -2.02. The Labute approximate surface area is 83.5 Å². The lowest BCUT2D eigenvalue weighted by molar-refractivity contribution is 0.0687. The number of carboxylic acids is 1. The zero-order valence-electron chi connectivity index (χ0n) is 7.31. The first-order valence-corrected chi connectivity index (χ1v) is 4.79. The molecule has 0 saturated carbocycles. The summed E-state index contributed by atoms with van der Waals surface area (Å²) >= 11 is 1.31. The first-order chi connectivity index (χ1) is 6.61. The molecule has 0 bridgehead atoms. The zero-order chi connectivity index (χ0) is 10.3. The highest BCUT2D eigenvalue weighted by Crippen LogP contribution is 2.33. The Hall–Kier alpha value is -1.62. The summed E-state index contributed by atoms with van der Waals surface area (Å²) < 4.78 is 0.579. The van der Waals surface area contributed by atoms with Crippen LogP contribution >= 0.6 is 11.3 Å². The molecule has 0 spiro atoms. The topological polar surface area (TPSA) is 70.4 Å². The minimum absolute atomic E-state index is 0.242. The molecule has 2 heterocycles. The number of thiophene rings is 1. The van der Waals surface area contributed by atoms with E-state index < -0.39 is 5.97 Å². The maximum absolute atomic E-state index is 10.7. The van der Waals surface area contributed by atoms with E-state index in [1.807, 2.05) is 6.07 Å². The van der Waals surface area contributed by atoms with Gasteiger partial charge in [0, 0.05) is 11.1 Å². The number of aryl methyl sites for hydroxylation is 1. The molecular weight excluding hydrogens is 202 g/mol. The van der Waals surface area contributed by atoms with E-state index >= 15 is 0 Å². The molecule has 5 heteroatoms. The molecule has 0 fully saturated rings. The largest absolute Gasteiger partial charge is 0.504 e. The fourth-order valence-corrected chi connectivity index (χ4v) is 2.21. The molecule has 0 amide bonds. The van der Waals surface area contributed by atoms with E-state index in [1.54, 1.807) is 12.3 Å². The summed E-state index contributed by atoms with van der Waals surface area (Å²) in [5.41, 5.74) is 0.342. The number of rotatable bonds is 1. The van der Waals surface area contributed by atoms with Crippen LogP contribution in [0.15, 0.2) is 11.4 Å². The lowest BCUT2D eigenvalue weighted by Gasteiger charge is -2.02. The number of carboxylic acid groups (broad SMARTS) is 1. The van der Waals surface area contributed by atoms with Crippen molar-refractivity contribution in [3.8, 4) is 5.75 Å². The van der Waals surface area contributed by atoms with Gasteiger partial charge in [-0.25, -0.2) is 9.78 Å². The highest BCUT2D eigenvalue weighted by Gasteiger charge is 2.17. The van der Waals surface area contributed by atoms with Gasteiger partial charge in [-0.2, -0.15) is 0 Å². The van der Waals surface area contributed by atoms with Crippen molar-refractivity contribution in [3.05, 3.63) is 22.8 Å². The van der Waals surface area contributed by atoms with Gasteiger partial charge in [-0.1, -0.05) is 0 Å². The zero-order valence-corrected chi connectivity index (χ0v) is 8.13. The second-order valence-electron chi connectivity index (χ2n) is 2.86. The van der Waals surface area contributed by atoms with Crippen LogP contribution in [0.1, 0.15) is 16.2 Å². The Balaban J connectivity index is 2.88. The Morgan fingerprint density at radius 2 is 2.29 bits per heavy atom. The van der Waals surface area contributed by atoms with Crippen LogP contribution in [-0.4, -0.2) is 21.2 Å². The van der Waals surface area contributed by atoms with E-state index in [-0.39, 0.29) is 11.4 Å². The van der Waals surface area contributed by atoms with Crippen LogP contribution in [0.5, 0.6) is 5.75 Å². The maximum atomic E-state index is 10.7. The first kappa shape index (κ1) is 8.96. The second-order valence-corrected chi connectivity index (χ2v) is 3.78. The van der Waals surface area contributed by atoms with Crippen molar-refractivity contribution < 1.29 is 15.0 Å². The van der Waals surface area contributed by atoms with Gasteiger partial charge in [-0.15, -0.1) is 11.3 Å². The van der Waals surface area contributed by atoms with E-state index in [9.17, 15) is 9.90 Å². The van der Waals surface area contributed by atoms with Crippen molar-refractivity contribution in [2.24, 2.45) is 0 Å². The number of hydrogen-bond donors (Lipinski definition) is 2. The summed E-state index contributed by atoms with van der Waals surface area (Å²) in [5, 5.41) is 21.0. The van der Waals surface area contributed by atoms with E-state index in [0.29, 0.717) is 10.4 Å². The molecular formula is C9H7NO3S. The fraction of sp³-hybridized carbons (Fsp3) is 0.111. The molecule has 2 N–H and O–H groups in total. The van der Waals surface area contributed by atoms with Crippen LogP contribution in [-0.2, 0) is 0 Å². The molecule has 4 nitrogen and oxygen atoms in total. The molecule has 14 heavy (non-hydrogen) atoms. The molecule has 0 atom stereocenters. The van der Waals surface area contributed by atoms with Gasteiger partial charge in [0.1, 0.15) is 0 Å². The molecule has 2 rings (SSSR count). The van der Waals surface area contributed by atoms with Crippen LogP contribution in [0, 0.1) is 6.92 Å². The van der Waals surface area contributed by atoms with E-state index in [0.717, 1.165) is 5.39 Å². The van der Waals surface area contributed by atoms with Crippen molar-refractivity contribution in [2.45, 2.75) is 6.92 Å². The SMILES string of the molecule is Cc1nc(C(=O)O)c(O)c2sccc12. The van der Waals surface area contributed by atoms with Crippen molar-refractivity contribution in [3.63, 3.8) is 0 Å². The molecule has 0 radical (unpaired) electrons. The van der Waals surface area contributed by atoms with Gasteiger partial charge >= 0.3 is 5.97 Å². The Kier molecular flexibility index (Phi) is 1.89. The van der Waals surface area contributed by atoms with Gasteiger partial charge in [-0.3, -0.25) is 0 Å². The van der Waals surface area contributed by atoms with Crippen LogP contribution in [0.2, 0.25) is 0 Å². The smallest absolute Gasteiger partial charge is 0.358 e. The third-order valence-electron chi connectivity index (χ3n) is 1.98. The minimum atomic E-state index is -1.21. The van der Waals surface area contributed by atoms with Gasteiger partial charge in [0.05, 0.1) is 4.70 Å². The van der Waals surface area contributed by atoms with Crippen LogP contribution in [0.3, 0.4) is 0 Å². The molecule has 0 saturated heterocycles. The lowest BCUT2D eigenvalue weighted by atomic mass is 10.2. The maximum Gasteiger partial charge on any atom is 0.358 e. The molecule has 0 unspecified atom stereocenters. The normalized spacial score (nSPS) is 10.6. The quantitative estimate of drug-likeness (QED) is 0.753. The number of hydrogen-bond acceptors (Lipinski definition) is 4. The Morgan fingerprint density at radius 1 is 1.57 bits per heavy atom. The number of fused-ring (bicyclic) bond motifs is 1. The predicted octanol–water partition coefficient (Wildman–Crippen LogP) is 2.01. The summed E-state index contributed by atoms with van der Waals surface area (Å²) in [6, 6.07) is 1.81. The fourth-order valence-electron chi connectivity index (χ4n) is 1.32. The molecule has 0 aromatic carbocycles. The van der Waals surface area contributed by atoms with Gasteiger partial charge < -0.3 is 10.2 Å². The summed E-state index contributed by atoms with van der Waals surface area (Å²) in [7, 11) is 0.